The van der Waals surface area contributed by atoms with Gasteiger partial charge in [-0.15, -0.1) is 0 Å². The van der Waals surface area contributed by atoms with Crippen LogP contribution in [0.25, 0.3) is 0 Å². The van der Waals surface area contributed by atoms with E-state index in [4.69, 9.17) is 15.7 Å². The van der Waals surface area contributed by atoms with Gasteiger partial charge in [0.25, 0.3) is 0 Å². The highest BCUT2D eigenvalue weighted by atomic mass is 16.6. The fourth-order valence-electron chi connectivity index (χ4n) is 1.54. The van der Waals surface area contributed by atoms with Crippen molar-refractivity contribution in [2.45, 2.75) is 39.3 Å². The van der Waals surface area contributed by atoms with Gasteiger partial charge in [-0.2, -0.15) is 5.26 Å². The number of nitrogens with one attached hydrogen (secondary N) is 1. The van der Waals surface area contributed by atoms with Crippen LogP contribution in [0.15, 0.2) is 18.2 Å². The van der Waals surface area contributed by atoms with Gasteiger partial charge in [-0.25, -0.2) is 4.79 Å². The molecule has 1 atom stereocenters. The molecule has 1 unspecified atom stereocenters. The SMILES string of the molecule is CC(N)c1cc(C#N)ccc1NC(=O)OC(C)(C)C. The lowest BCUT2D eigenvalue weighted by molar-refractivity contribution is 0.0636. The van der Waals surface area contributed by atoms with Crippen LogP contribution in [0.1, 0.15) is 44.9 Å². The third-order valence-electron chi connectivity index (χ3n) is 2.31. The van der Waals surface area contributed by atoms with Crippen LogP contribution in [-0.4, -0.2) is 11.7 Å². The van der Waals surface area contributed by atoms with Crippen LogP contribution in [0.5, 0.6) is 0 Å². The number of nitriles is 1. The Morgan fingerprint density at radius 3 is 2.58 bits per heavy atom. The Balaban J connectivity index is 2.95. The minimum Gasteiger partial charge on any atom is -0.444 e. The summed E-state index contributed by atoms with van der Waals surface area (Å²) in [5.74, 6) is 0. The molecule has 0 saturated carbocycles. The van der Waals surface area contributed by atoms with E-state index in [1.54, 1.807) is 45.9 Å². The van der Waals surface area contributed by atoms with Crippen LogP contribution >= 0.6 is 0 Å². The molecule has 0 aliphatic carbocycles. The second-order valence-corrected chi connectivity index (χ2v) is 5.33. The summed E-state index contributed by atoms with van der Waals surface area (Å²) < 4.78 is 5.18. The van der Waals surface area contributed by atoms with Gasteiger partial charge in [0.15, 0.2) is 0 Å². The molecular formula is C14H19N3O2. The fourth-order valence-corrected chi connectivity index (χ4v) is 1.54. The van der Waals surface area contributed by atoms with Crippen molar-refractivity contribution in [3.8, 4) is 6.07 Å². The fraction of sp³-hybridized carbons (Fsp3) is 0.429. The van der Waals surface area contributed by atoms with Gasteiger partial charge in [-0.05, 0) is 51.5 Å². The normalized spacial score (nSPS) is 12.4. The summed E-state index contributed by atoms with van der Waals surface area (Å²) in [5.41, 5.74) is 7.03. The lowest BCUT2D eigenvalue weighted by Crippen LogP contribution is -2.27. The highest BCUT2D eigenvalue weighted by Crippen LogP contribution is 2.23. The van der Waals surface area contributed by atoms with Gasteiger partial charge in [-0.3, -0.25) is 5.32 Å². The number of carbonyl (C=O) groups is 1. The first-order chi connectivity index (χ1) is 8.73. The minimum absolute atomic E-state index is 0.293. The number of anilines is 1. The molecule has 0 aliphatic heterocycles. The molecule has 1 aromatic rings. The molecule has 0 aliphatic rings. The van der Waals surface area contributed by atoms with Crippen molar-refractivity contribution in [3.63, 3.8) is 0 Å². The third kappa shape index (κ3) is 4.60. The first-order valence-corrected chi connectivity index (χ1v) is 6.02. The molecule has 1 amide bonds. The van der Waals surface area contributed by atoms with Crippen molar-refractivity contribution in [2.24, 2.45) is 5.73 Å². The largest absolute Gasteiger partial charge is 0.444 e. The Bertz CT molecular complexity index is 510. The highest BCUT2D eigenvalue weighted by Gasteiger charge is 2.18. The standard InChI is InChI=1S/C14H19N3O2/c1-9(16)11-7-10(8-15)5-6-12(11)17-13(18)19-14(2,3)4/h5-7,9H,16H2,1-4H3,(H,17,18). The van der Waals surface area contributed by atoms with Crippen LogP contribution in [0.3, 0.4) is 0 Å². The maximum atomic E-state index is 11.7. The highest BCUT2D eigenvalue weighted by molar-refractivity contribution is 5.86. The van der Waals surface area contributed by atoms with Crippen molar-refractivity contribution < 1.29 is 9.53 Å². The van der Waals surface area contributed by atoms with E-state index in [0.29, 0.717) is 16.8 Å². The predicted molar refractivity (Wildman–Crippen MR) is 73.6 cm³/mol. The maximum absolute atomic E-state index is 11.7. The zero-order valence-corrected chi connectivity index (χ0v) is 11.7. The second-order valence-electron chi connectivity index (χ2n) is 5.33. The molecule has 0 fully saturated rings. The number of benzene rings is 1. The third-order valence-corrected chi connectivity index (χ3v) is 2.31. The molecule has 1 aromatic carbocycles. The number of ether oxygens (including phenoxy) is 1. The van der Waals surface area contributed by atoms with Crippen molar-refractivity contribution >= 4 is 11.8 Å². The molecule has 5 nitrogen and oxygen atoms in total. The molecule has 5 heteroatoms. The van der Waals surface area contributed by atoms with E-state index >= 15 is 0 Å². The Kier molecular flexibility index (Phi) is 4.52. The lowest BCUT2D eigenvalue weighted by Gasteiger charge is -2.21. The molecule has 19 heavy (non-hydrogen) atoms. The predicted octanol–water partition coefficient (Wildman–Crippen LogP) is 2.92. The van der Waals surface area contributed by atoms with Gasteiger partial charge in [0.05, 0.1) is 11.6 Å². The number of rotatable bonds is 2. The quantitative estimate of drug-likeness (QED) is 0.856. The van der Waals surface area contributed by atoms with Gasteiger partial charge in [0.2, 0.25) is 0 Å². The zero-order chi connectivity index (χ0) is 14.6. The van der Waals surface area contributed by atoms with E-state index in [1.807, 2.05) is 6.07 Å². The molecule has 1 rings (SSSR count). The summed E-state index contributed by atoms with van der Waals surface area (Å²) in [7, 11) is 0. The van der Waals surface area contributed by atoms with Gasteiger partial charge in [0, 0.05) is 11.7 Å². The summed E-state index contributed by atoms with van der Waals surface area (Å²) in [4.78, 5) is 11.7. The second kappa shape index (κ2) is 5.72. The Hall–Kier alpha value is -2.06. The monoisotopic (exact) mass is 261 g/mol. The number of amides is 1. The molecule has 0 heterocycles. The molecule has 0 saturated heterocycles. The lowest BCUT2D eigenvalue weighted by atomic mass is 10.0. The molecule has 102 valence electrons. The molecular weight excluding hydrogens is 242 g/mol. The Morgan fingerprint density at radius 1 is 1.47 bits per heavy atom. The first-order valence-electron chi connectivity index (χ1n) is 6.02. The van der Waals surface area contributed by atoms with Crippen molar-refractivity contribution in [3.05, 3.63) is 29.3 Å². The average molecular weight is 261 g/mol. The van der Waals surface area contributed by atoms with Crippen molar-refractivity contribution in [1.82, 2.24) is 0 Å². The first kappa shape index (κ1) is 15.0. The number of nitrogens with zero attached hydrogens (tertiary/aromatic N) is 1. The Labute approximate surface area is 113 Å². The summed E-state index contributed by atoms with van der Waals surface area (Å²) in [5, 5.41) is 11.5. The van der Waals surface area contributed by atoms with Crippen LogP contribution in [0.2, 0.25) is 0 Å². The van der Waals surface area contributed by atoms with Crippen LogP contribution in [0.4, 0.5) is 10.5 Å². The molecule has 0 spiro atoms. The van der Waals surface area contributed by atoms with E-state index in [-0.39, 0.29) is 6.04 Å². The number of hydrogen-bond donors (Lipinski definition) is 2. The molecule has 0 bridgehead atoms. The Morgan fingerprint density at radius 2 is 2.11 bits per heavy atom. The van der Waals surface area contributed by atoms with E-state index < -0.39 is 11.7 Å². The topological polar surface area (TPSA) is 88.1 Å². The van der Waals surface area contributed by atoms with E-state index in [1.165, 1.54) is 0 Å². The smallest absolute Gasteiger partial charge is 0.412 e. The molecule has 0 radical (unpaired) electrons. The average Bonchev–Trinajstić information content (AvgIpc) is 2.26. The van der Waals surface area contributed by atoms with Crippen molar-refractivity contribution in [1.29, 1.82) is 5.26 Å². The van der Waals surface area contributed by atoms with Crippen LogP contribution < -0.4 is 11.1 Å². The summed E-state index contributed by atoms with van der Waals surface area (Å²) >= 11 is 0. The van der Waals surface area contributed by atoms with Gasteiger partial charge in [-0.1, -0.05) is 0 Å². The number of nitrogens with two attached hydrogens (primary N) is 1. The minimum atomic E-state index is -0.564. The van der Waals surface area contributed by atoms with E-state index in [0.717, 1.165) is 0 Å². The summed E-state index contributed by atoms with van der Waals surface area (Å²) in [6.45, 7) is 7.16. The van der Waals surface area contributed by atoms with Gasteiger partial charge >= 0.3 is 6.09 Å². The van der Waals surface area contributed by atoms with Gasteiger partial charge in [0.1, 0.15) is 5.60 Å². The zero-order valence-electron chi connectivity index (χ0n) is 11.7. The summed E-state index contributed by atoms with van der Waals surface area (Å²) in [6, 6.07) is 6.69. The van der Waals surface area contributed by atoms with Gasteiger partial charge < -0.3 is 10.5 Å². The number of hydrogen-bond acceptors (Lipinski definition) is 4. The molecule has 3 N–H and O–H groups in total. The summed E-state index contributed by atoms with van der Waals surface area (Å²) in [6.07, 6.45) is -0.542. The number of carbonyl (C=O) groups excluding carboxylic acids is 1. The van der Waals surface area contributed by atoms with Crippen LogP contribution in [0, 0.1) is 11.3 Å². The molecule has 0 aromatic heterocycles. The maximum Gasteiger partial charge on any atom is 0.412 e. The van der Waals surface area contributed by atoms with Crippen LogP contribution in [-0.2, 0) is 4.74 Å². The van der Waals surface area contributed by atoms with E-state index in [9.17, 15) is 4.79 Å². The van der Waals surface area contributed by atoms with E-state index in [2.05, 4.69) is 5.32 Å². The van der Waals surface area contributed by atoms with Crippen molar-refractivity contribution in [2.75, 3.05) is 5.32 Å².